The van der Waals surface area contributed by atoms with Crippen LogP contribution in [0.1, 0.15) is 13.3 Å². The first-order valence-corrected chi connectivity index (χ1v) is 7.51. The summed E-state index contributed by atoms with van der Waals surface area (Å²) < 4.78 is 6.15. The van der Waals surface area contributed by atoms with Gasteiger partial charge in [0.25, 0.3) is 0 Å². The Morgan fingerprint density at radius 3 is 3.00 bits per heavy atom. The van der Waals surface area contributed by atoms with Crippen molar-refractivity contribution in [3.8, 4) is 0 Å². The molecule has 0 radical (unpaired) electrons. The van der Waals surface area contributed by atoms with Gasteiger partial charge < -0.3 is 10.1 Å². The number of benzene rings is 1. The van der Waals surface area contributed by atoms with Crippen LogP contribution in [0.4, 0.5) is 0 Å². The summed E-state index contributed by atoms with van der Waals surface area (Å²) in [5, 5.41) is 4.02. The number of ether oxygens (including phenoxy) is 1. The third-order valence-electron chi connectivity index (χ3n) is 2.27. The third-order valence-corrected chi connectivity index (χ3v) is 3.86. The Kier molecular flexibility index (Phi) is 7.93. The number of halogens is 1. The Hall–Kier alpha value is -0.0300. The van der Waals surface area contributed by atoms with E-state index < -0.39 is 0 Å². The molecule has 0 saturated carbocycles. The summed E-state index contributed by atoms with van der Waals surface area (Å²) in [7, 11) is 1.74. The quantitative estimate of drug-likeness (QED) is 0.585. The van der Waals surface area contributed by atoms with Crippen LogP contribution in [0.25, 0.3) is 0 Å². The van der Waals surface area contributed by atoms with E-state index >= 15 is 0 Å². The second-order valence-electron chi connectivity index (χ2n) is 3.94. The van der Waals surface area contributed by atoms with Gasteiger partial charge >= 0.3 is 0 Å². The van der Waals surface area contributed by atoms with Crippen LogP contribution in [0, 0.1) is 0 Å². The number of thioether (sulfide) groups is 1. The van der Waals surface area contributed by atoms with Gasteiger partial charge in [0.2, 0.25) is 0 Å². The summed E-state index contributed by atoms with van der Waals surface area (Å²) in [6.07, 6.45) is 1.07. The van der Waals surface area contributed by atoms with Gasteiger partial charge in [-0.1, -0.05) is 28.9 Å². The van der Waals surface area contributed by atoms with E-state index in [4.69, 9.17) is 4.74 Å². The Bertz CT molecular complexity index is 322. The van der Waals surface area contributed by atoms with E-state index in [1.807, 2.05) is 11.8 Å². The number of methoxy groups -OCH3 is 1. The van der Waals surface area contributed by atoms with E-state index in [0.717, 1.165) is 30.6 Å². The highest BCUT2D eigenvalue weighted by molar-refractivity contribution is 9.10. The molecule has 1 atom stereocenters. The van der Waals surface area contributed by atoms with E-state index in [9.17, 15) is 0 Å². The Morgan fingerprint density at radius 1 is 1.47 bits per heavy atom. The molecule has 0 aromatic heterocycles. The lowest BCUT2D eigenvalue weighted by Crippen LogP contribution is -2.24. The van der Waals surface area contributed by atoms with E-state index in [-0.39, 0.29) is 0 Å². The predicted octanol–water partition coefficient (Wildman–Crippen LogP) is 3.56. The molecule has 1 N–H and O–H groups in total. The normalized spacial score (nSPS) is 12.6. The summed E-state index contributed by atoms with van der Waals surface area (Å²) in [5.74, 6) is 0. The predicted molar refractivity (Wildman–Crippen MR) is 78.8 cm³/mol. The molecule has 0 aliphatic rings. The van der Waals surface area contributed by atoms with Crippen molar-refractivity contribution < 1.29 is 4.74 Å². The fourth-order valence-electron chi connectivity index (χ4n) is 1.46. The van der Waals surface area contributed by atoms with E-state index in [2.05, 4.69) is 52.4 Å². The summed E-state index contributed by atoms with van der Waals surface area (Å²) in [4.78, 5) is 1.31. The molecule has 0 bridgehead atoms. The third kappa shape index (κ3) is 7.09. The van der Waals surface area contributed by atoms with Crippen LogP contribution in [-0.4, -0.2) is 32.1 Å². The Balaban J connectivity index is 2.18. The van der Waals surface area contributed by atoms with Crippen LogP contribution >= 0.6 is 27.7 Å². The van der Waals surface area contributed by atoms with Crippen LogP contribution in [0.2, 0.25) is 0 Å². The second-order valence-corrected chi connectivity index (χ2v) is 6.36. The molecule has 0 heterocycles. The highest BCUT2D eigenvalue weighted by atomic mass is 79.9. The maximum atomic E-state index is 5.01. The van der Waals surface area contributed by atoms with Crippen molar-refractivity contribution in [2.75, 3.05) is 26.8 Å². The second kappa shape index (κ2) is 8.97. The average Bonchev–Trinajstić information content (AvgIpc) is 2.29. The minimum atomic E-state index is 0.576. The molecule has 1 aromatic rings. The highest BCUT2D eigenvalue weighted by Crippen LogP contribution is 2.25. The monoisotopic (exact) mass is 317 g/mol. The van der Waals surface area contributed by atoms with Crippen LogP contribution in [0.3, 0.4) is 0 Å². The zero-order chi connectivity index (χ0) is 12.5. The minimum absolute atomic E-state index is 0.576. The van der Waals surface area contributed by atoms with Gasteiger partial charge in [-0.3, -0.25) is 0 Å². The molecule has 0 aliphatic heterocycles. The van der Waals surface area contributed by atoms with E-state index in [1.165, 1.54) is 4.90 Å². The van der Waals surface area contributed by atoms with Crippen molar-refractivity contribution in [2.45, 2.75) is 23.5 Å². The molecule has 0 fully saturated rings. The maximum absolute atomic E-state index is 5.01. The van der Waals surface area contributed by atoms with Crippen molar-refractivity contribution in [3.63, 3.8) is 0 Å². The largest absolute Gasteiger partial charge is 0.385 e. The van der Waals surface area contributed by atoms with Crippen LogP contribution < -0.4 is 5.32 Å². The van der Waals surface area contributed by atoms with Gasteiger partial charge in [-0.15, -0.1) is 11.8 Å². The molecule has 4 heteroatoms. The smallest absolute Gasteiger partial charge is 0.0474 e. The minimum Gasteiger partial charge on any atom is -0.385 e. The molecular formula is C13H20BrNOS. The SMILES string of the molecule is COCCCNCC(C)Sc1cccc(Br)c1. The van der Waals surface area contributed by atoms with Crippen molar-refractivity contribution in [1.29, 1.82) is 0 Å². The van der Waals surface area contributed by atoms with Gasteiger partial charge in [0.1, 0.15) is 0 Å². The highest BCUT2D eigenvalue weighted by Gasteiger charge is 2.04. The molecule has 2 nitrogen and oxygen atoms in total. The first-order chi connectivity index (χ1) is 8.22. The van der Waals surface area contributed by atoms with E-state index in [1.54, 1.807) is 7.11 Å². The van der Waals surface area contributed by atoms with Crippen LogP contribution in [0.15, 0.2) is 33.6 Å². The van der Waals surface area contributed by atoms with Gasteiger partial charge in [0.15, 0.2) is 0 Å². The average molecular weight is 318 g/mol. The summed E-state index contributed by atoms with van der Waals surface area (Å²) in [6, 6.07) is 8.44. The maximum Gasteiger partial charge on any atom is 0.0474 e. The van der Waals surface area contributed by atoms with Crippen molar-refractivity contribution in [2.24, 2.45) is 0 Å². The number of hydrogen-bond acceptors (Lipinski definition) is 3. The number of hydrogen-bond donors (Lipinski definition) is 1. The molecule has 1 unspecified atom stereocenters. The zero-order valence-corrected chi connectivity index (χ0v) is 12.8. The number of nitrogens with one attached hydrogen (secondary N) is 1. The fourth-order valence-corrected chi connectivity index (χ4v) is 3.03. The molecule has 0 aliphatic carbocycles. The standard InChI is InChI=1S/C13H20BrNOS/c1-11(10-15-7-4-8-16-2)17-13-6-3-5-12(14)9-13/h3,5-6,9,11,15H,4,7-8,10H2,1-2H3. The molecule has 1 rings (SSSR count). The summed E-state index contributed by atoms with van der Waals surface area (Å²) in [6.45, 7) is 5.13. The Labute approximate surface area is 117 Å². The lowest BCUT2D eigenvalue weighted by atomic mass is 10.4. The first kappa shape index (κ1) is 15.0. The molecule has 0 saturated heterocycles. The lowest BCUT2D eigenvalue weighted by Gasteiger charge is -2.12. The molecule has 96 valence electrons. The van der Waals surface area contributed by atoms with Crippen molar-refractivity contribution >= 4 is 27.7 Å². The van der Waals surface area contributed by atoms with Crippen molar-refractivity contribution in [3.05, 3.63) is 28.7 Å². The van der Waals surface area contributed by atoms with Gasteiger partial charge in [-0.05, 0) is 31.2 Å². The van der Waals surface area contributed by atoms with Crippen LogP contribution in [0.5, 0.6) is 0 Å². The van der Waals surface area contributed by atoms with Gasteiger partial charge in [-0.25, -0.2) is 0 Å². The van der Waals surface area contributed by atoms with Crippen molar-refractivity contribution in [1.82, 2.24) is 5.32 Å². The van der Waals surface area contributed by atoms with Gasteiger partial charge in [-0.2, -0.15) is 0 Å². The van der Waals surface area contributed by atoms with Crippen LogP contribution in [-0.2, 0) is 4.74 Å². The summed E-state index contributed by atoms with van der Waals surface area (Å²) >= 11 is 5.39. The zero-order valence-electron chi connectivity index (χ0n) is 10.4. The van der Waals surface area contributed by atoms with Gasteiger partial charge in [0, 0.05) is 34.9 Å². The molecule has 17 heavy (non-hydrogen) atoms. The van der Waals surface area contributed by atoms with E-state index in [0.29, 0.717) is 5.25 Å². The molecule has 0 spiro atoms. The Morgan fingerprint density at radius 2 is 2.29 bits per heavy atom. The molecule has 1 aromatic carbocycles. The topological polar surface area (TPSA) is 21.3 Å². The lowest BCUT2D eigenvalue weighted by molar-refractivity contribution is 0.194. The summed E-state index contributed by atoms with van der Waals surface area (Å²) in [5.41, 5.74) is 0. The molecular weight excluding hydrogens is 298 g/mol. The first-order valence-electron chi connectivity index (χ1n) is 5.84. The fraction of sp³-hybridized carbons (Fsp3) is 0.538. The molecule has 0 amide bonds. The number of rotatable bonds is 8. The van der Waals surface area contributed by atoms with Gasteiger partial charge in [0.05, 0.1) is 0 Å².